The maximum absolute atomic E-state index is 13.7. The third-order valence-electron chi connectivity index (χ3n) is 8.70. The second kappa shape index (κ2) is 13.1. The number of ether oxygens (including phenoxy) is 2. The highest BCUT2D eigenvalue weighted by Gasteiger charge is 2.47. The molecule has 2 aromatic carbocycles. The summed E-state index contributed by atoms with van der Waals surface area (Å²) < 4.78 is 13.2. The number of nitrogens with one attached hydrogen (secondary N) is 1. The summed E-state index contributed by atoms with van der Waals surface area (Å²) in [5, 5.41) is 5.27. The molecule has 1 saturated carbocycles. The molecule has 0 unspecified atom stereocenters. The predicted octanol–water partition coefficient (Wildman–Crippen LogP) is 6.63. The van der Waals surface area contributed by atoms with Crippen LogP contribution in [0.2, 0.25) is 10.0 Å². The van der Waals surface area contributed by atoms with E-state index in [4.69, 9.17) is 32.7 Å². The Morgan fingerprint density at radius 2 is 1.96 bits per heavy atom. The van der Waals surface area contributed by atoms with Crippen LogP contribution in [0, 0.1) is 0 Å². The number of aromatic nitrogens is 2. The van der Waals surface area contributed by atoms with E-state index >= 15 is 0 Å². The highest BCUT2D eigenvalue weighted by Crippen LogP contribution is 2.41. The van der Waals surface area contributed by atoms with E-state index in [2.05, 4.69) is 15.2 Å². The van der Waals surface area contributed by atoms with Gasteiger partial charge in [0.1, 0.15) is 5.60 Å². The van der Waals surface area contributed by atoms with Gasteiger partial charge in [-0.2, -0.15) is 0 Å². The lowest BCUT2D eigenvalue weighted by Gasteiger charge is -2.42. The van der Waals surface area contributed by atoms with E-state index in [1.54, 1.807) is 29.7 Å². The van der Waals surface area contributed by atoms with Gasteiger partial charge in [-0.05, 0) is 55.9 Å². The number of Topliss-reactive ketones (excluding diaryl/α,β-unsaturated/α-hetero) is 1. The first-order valence-electron chi connectivity index (χ1n) is 15.0. The van der Waals surface area contributed by atoms with E-state index in [-0.39, 0.29) is 30.2 Å². The molecular weight excluding hydrogens is 635 g/mol. The number of halogens is 2. The minimum absolute atomic E-state index is 0.0166. The number of fused-ring (bicyclic) bond motifs is 1. The van der Waals surface area contributed by atoms with Crippen molar-refractivity contribution in [2.24, 2.45) is 7.05 Å². The molecule has 0 radical (unpaired) electrons. The molecule has 236 valence electrons. The number of aryl methyl sites for hydroxylation is 2. The van der Waals surface area contributed by atoms with Gasteiger partial charge in [-0.1, -0.05) is 41.4 Å². The number of carbonyl (C=O) groups is 3. The normalized spacial score (nSPS) is 17.3. The molecule has 1 amide bonds. The Balaban J connectivity index is 1.08. The lowest BCUT2D eigenvalue weighted by Crippen LogP contribution is -2.51. The zero-order chi connectivity index (χ0) is 31.7. The van der Waals surface area contributed by atoms with Crippen LogP contribution in [0.4, 0.5) is 10.8 Å². The molecule has 1 atom stereocenters. The van der Waals surface area contributed by atoms with Crippen molar-refractivity contribution in [1.82, 2.24) is 9.55 Å². The molecule has 12 heteroatoms. The van der Waals surface area contributed by atoms with Gasteiger partial charge in [0.05, 0.1) is 35.9 Å². The summed E-state index contributed by atoms with van der Waals surface area (Å²) in [6.07, 6.45) is 7.56. The smallest absolute Gasteiger partial charge is 0.305 e. The van der Waals surface area contributed by atoms with E-state index in [0.717, 1.165) is 40.3 Å². The molecule has 1 N–H and O–H groups in total. The fourth-order valence-electron chi connectivity index (χ4n) is 6.03. The van der Waals surface area contributed by atoms with Gasteiger partial charge in [-0.3, -0.25) is 14.4 Å². The molecule has 2 aromatic heterocycles. The number of ketones is 1. The van der Waals surface area contributed by atoms with Gasteiger partial charge in [0, 0.05) is 59.8 Å². The number of para-hydroxylation sites is 1. The first-order valence-corrected chi connectivity index (χ1v) is 16.5. The molecule has 45 heavy (non-hydrogen) atoms. The van der Waals surface area contributed by atoms with Gasteiger partial charge in [0.2, 0.25) is 0 Å². The summed E-state index contributed by atoms with van der Waals surface area (Å²) in [4.78, 5) is 46.1. The highest BCUT2D eigenvalue weighted by atomic mass is 35.5. The van der Waals surface area contributed by atoms with E-state index < -0.39 is 5.60 Å². The van der Waals surface area contributed by atoms with Crippen molar-refractivity contribution in [2.45, 2.75) is 56.7 Å². The third kappa shape index (κ3) is 6.60. The van der Waals surface area contributed by atoms with Crippen LogP contribution in [0.3, 0.4) is 0 Å². The van der Waals surface area contributed by atoms with Crippen molar-refractivity contribution in [3.63, 3.8) is 0 Å². The van der Waals surface area contributed by atoms with Crippen LogP contribution in [0.5, 0.6) is 0 Å². The Bertz CT molecular complexity index is 1760. The summed E-state index contributed by atoms with van der Waals surface area (Å²) >= 11 is 14.8. The van der Waals surface area contributed by atoms with Crippen LogP contribution in [-0.2, 0) is 39.0 Å². The Hall–Kier alpha value is -3.44. The Labute approximate surface area is 275 Å². The number of hydrogen-bond donors (Lipinski definition) is 1. The van der Waals surface area contributed by atoms with Crippen LogP contribution in [0.25, 0.3) is 10.9 Å². The summed E-state index contributed by atoms with van der Waals surface area (Å²) in [6, 6.07) is 10.9. The zero-order valence-corrected chi connectivity index (χ0v) is 27.4. The second-order valence-corrected chi connectivity index (χ2v) is 13.6. The number of rotatable bonds is 11. The van der Waals surface area contributed by atoms with E-state index in [1.165, 1.54) is 7.11 Å². The van der Waals surface area contributed by atoms with Gasteiger partial charge >= 0.3 is 5.97 Å². The first-order chi connectivity index (χ1) is 21.7. The fraction of sp³-hybridized carbons (Fsp3) is 0.394. The van der Waals surface area contributed by atoms with Crippen molar-refractivity contribution in [1.29, 1.82) is 0 Å². The number of carbonyl (C=O) groups excluding carboxylic acids is 3. The number of methoxy groups -OCH3 is 1. The molecule has 2 aliphatic rings. The molecule has 9 nitrogen and oxygen atoms in total. The quantitative estimate of drug-likeness (QED) is 0.179. The number of benzene rings is 2. The van der Waals surface area contributed by atoms with Crippen LogP contribution in [0.1, 0.15) is 52.9 Å². The molecule has 6 rings (SSSR count). The van der Waals surface area contributed by atoms with Gasteiger partial charge in [-0.15, -0.1) is 11.3 Å². The van der Waals surface area contributed by atoms with Crippen LogP contribution in [0.15, 0.2) is 48.8 Å². The molecule has 3 heterocycles. The number of thiazole rings is 1. The molecule has 1 saturated heterocycles. The summed E-state index contributed by atoms with van der Waals surface area (Å²) in [5.41, 5.74) is 1.62. The van der Waals surface area contributed by atoms with E-state index in [9.17, 15) is 14.4 Å². The summed E-state index contributed by atoms with van der Waals surface area (Å²) in [5.74, 6) is -0.550. The highest BCUT2D eigenvalue weighted by molar-refractivity contribution is 7.15. The van der Waals surface area contributed by atoms with E-state index in [0.29, 0.717) is 59.1 Å². The Morgan fingerprint density at radius 1 is 1.16 bits per heavy atom. The summed E-state index contributed by atoms with van der Waals surface area (Å²) in [7, 11) is 3.28. The van der Waals surface area contributed by atoms with Crippen molar-refractivity contribution >= 4 is 73.9 Å². The second-order valence-electron chi connectivity index (χ2n) is 11.7. The largest absolute Gasteiger partial charge is 0.469 e. The van der Waals surface area contributed by atoms with Crippen molar-refractivity contribution in [3.05, 3.63) is 74.8 Å². The SMILES string of the molecule is COC(=O)CCc1cnc(N2CC[C@H](OC3(C(=O)Cc4cc(Cl)c(NC(=O)c5cn(C)c6ccccc56)cc4Cl)CCC3)C2)s1. The van der Waals surface area contributed by atoms with Gasteiger partial charge in [0.25, 0.3) is 5.91 Å². The number of anilines is 2. The average Bonchev–Trinajstić information content (AvgIpc) is 3.75. The zero-order valence-electron chi connectivity index (χ0n) is 25.1. The monoisotopic (exact) mass is 668 g/mol. The van der Waals surface area contributed by atoms with Crippen molar-refractivity contribution < 1.29 is 23.9 Å². The maximum Gasteiger partial charge on any atom is 0.305 e. The van der Waals surface area contributed by atoms with Gasteiger partial charge < -0.3 is 24.3 Å². The number of esters is 1. The molecule has 1 aliphatic heterocycles. The van der Waals surface area contributed by atoms with Gasteiger partial charge in [-0.25, -0.2) is 4.98 Å². The molecular formula is C33H34Cl2N4O5S. The molecule has 0 spiro atoms. The molecule has 1 aliphatic carbocycles. The van der Waals surface area contributed by atoms with Crippen molar-refractivity contribution in [2.75, 3.05) is 30.4 Å². The minimum Gasteiger partial charge on any atom is -0.469 e. The van der Waals surface area contributed by atoms with E-state index in [1.807, 2.05) is 42.1 Å². The van der Waals surface area contributed by atoms with Crippen LogP contribution < -0.4 is 10.2 Å². The maximum atomic E-state index is 13.7. The molecule has 0 bridgehead atoms. The van der Waals surface area contributed by atoms with Crippen LogP contribution >= 0.6 is 34.5 Å². The standard InChI is InChI=1S/C33H34Cl2N4O5S/c1-38-19-24(23-6-3-4-7-28(23)38)31(42)37-27-16-25(34)20(14-26(27)35)15-29(40)33(11-5-12-33)44-21-10-13-39(18-21)32-36-17-22(45-32)8-9-30(41)43-2/h3-4,6-7,14,16-17,19,21H,5,8-13,15,18H2,1-2H3,(H,37,42)/t21-/m0/s1. The first kappa shape index (κ1) is 31.5. The number of amides is 1. The molecule has 2 fully saturated rings. The topological polar surface area (TPSA) is 103 Å². The average molecular weight is 670 g/mol. The van der Waals surface area contributed by atoms with Crippen LogP contribution in [-0.4, -0.2) is 59.1 Å². The van der Waals surface area contributed by atoms with Gasteiger partial charge in [0.15, 0.2) is 10.9 Å². The van der Waals surface area contributed by atoms with Crippen molar-refractivity contribution in [3.8, 4) is 0 Å². The minimum atomic E-state index is -0.841. The lowest BCUT2D eigenvalue weighted by atomic mass is 9.75. The fourth-order valence-corrected chi connectivity index (χ4v) is 7.44. The molecule has 4 aromatic rings. The Morgan fingerprint density at radius 3 is 2.71 bits per heavy atom. The number of hydrogen-bond acceptors (Lipinski definition) is 8. The number of nitrogens with zero attached hydrogens (tertiary/aromatic N) is 3. The Kier molecular flexibility index (Phi) is 9.19. The summed E-state index contributed by atoms with van der Waals surface area (Å²) in [6.45, 7) is 1.43. The predicted molar refractivity (Wildman–Crippen MR) is 177 cm³/mol. The third-order valence-corrected chi connectivity index (χ3v) is 10.5. The lowest BCUT2D eigenvalue weighted by molar-refractivity contribution is -0.167.